The van der Waals surface area contributed by atoms with Crippen LogP contribution in [0.1, 0.15) is 16.8 Å². The first kappa shape index (κ1) is 18.5. The maximum atomic E-state index is 12.5. The van der Waals surface area contributed by atoms with Crippen molar-refractivity contribution in [1.82, 2.24) is 29.5 Å². The molecule has 0 fully saturated rings. The van der Waals surface area contributed by atoms with Gasteiger partial charge in [-0.2, -0.15) is 0 Å². The van der Waals surface area contributed by atoms with Gasteiger partial charge in [0.05, 0.1) is 7.11 Å². The minimum absolute atomic E-state index is 0.254. The van der Waals surface area contributed by atoms with E-state index in [4.69, 9.17) is 9.47 Å². The Morgan fingerprint density at radius 3 is 2.93 bits per heavy atom. The van der Waals surface area contributed by atoms with E-state index in [0.717, 1.165) is 6.42 Å². The van der Waals surface area contributed by atoms with Crippen LogP contribution in [0.2, 0.25) is 0 Å². The lowest BCUT2D eigenvalue weighted by molar-refractivity contribution is 0.102. The summed E-state index contributed by atoms with van der Waals surface area (Å²) in [5.41, 5.74) is 0.941. The number of carbonyl (C=O) groups excluding carboxylic acids is 1. The van der Waals surface area contributed by atoms with Crippen molar-refractivity contribution in [1.29, 1.82) is 0 Å². The largest absolute Gasteiger partial charge is 0.479 e. The number of ether oxygens (including phenoxy) is 2. The fraction of sp³-hybridized carbons (Fsp3) is 0.353. The summed E-state index contributed by atoms with van der Waals surface area (Å²) in [6, 6.07) is 5.32. The summed E-state index contributed by atoms with van der Waals surface area (Å²) in [6.07, 6.45) is 4.07. The molecule has 3 rings (SSSR count). The van der Waals surface area contributed by atoms with Crippen LogP contribution in [0, 0.1) is 0 Å². The number of hydrogen-bond donors (Lipinski definition) is 1. The summed E-state index contributed by atoms with van der Waals surface area (Å²) in [5, 5.41) is 14.9. The van der Waals surface area contributed by atoms with Gasteiger partial charge in [0.1, 0.15) is 23.4 Å². The van der Waals surface area contributed by atoms with Gasteiger partial charge in [-0.25, -0.2) is 4.98 Å². The molecule has 0 atom stereocenters. The highest BCUT2D eigenvalue weighted by Gasteiger charge is 2.17. The number of methoxy groups -OCH3 is 2. The molecule has 0 saturated carbocycles. The Kier molecular flexibility index (Phi) is 5.77. The molecule has 3 aromatic heterocycles. The first-order valence-electron chi connectivity index (χ1n) is 8.35. The molecule has 142 valence electrons. The van der Waals surface area contributed by atoms with E-state index < -0.39 is 0 Å². The van der Waals surface area contributed by atoms with Crippen molar-refractivity contribution in [3.8, 4) is 17.4 Å². The third kappa shape index (κ3) is 4.29. The van der Waals surface area contributed by atoms with Crippen LogP contribution in [-0.4, -0.2) is 56.3 Å². The molecule has 0 radical (unpaired) electrons. The second-order valence-electron chi connectivity index (χ2n) is 5.78. The van der Waals surface area contributed by atoms with E-state index in [2.05, 4.69) is 25.6 Å². The van der Waals surface area contributed by atoms with Crippen molar-refractivity contribution in [3.05, 3.63) is 36.3 Å². The van der Waals surface area contributed by atoms with E-state index in [0.29, 0.717) is 36.1 Å². The average molecular weight is 371 g/mol. The van der Waals surface area contributed by atoms with Crippen molar-refractivity contribution in [2.24, 2.45) is 7.05 Å². The number of nitrogens with zero attached hydrogens (tertiary/aromatic N) is 6. The third-order valence-electron chi connectivity index (χ3n) is 3.82. The van der Waals surface area contributed by atoms with E-state index in [9.17, 15) is 4.79 Å². The molecule has 10 heteroatoms. The number of aryl methyl sites for hydroxylation is 2. The van der Waals surface area contributed by atoms with Crippen LogP contribution in [0.25, 0.3) is 11.5 Å². The molecule has 0 saturated heterocycles. The zero-order chi connectivity index (χ0) is 19.2. The highest BCUT2D eigenvalue weighted by molar-refractivity contribution is 6.05. The Bertz CT molecular complexity index is 919. The molecule has 0 bridgehead atoms. The van der Waals surface area contributed by atoms with Gasteiger partial charge in [0, 0.05) is 33.5 Å². The third-order valence-corrected chi connectivity index (χ3v) is 3.82. The lowest BCUT2D eigenvalue weighted by Gasteiger charge is -2.08. The maximum Gasteiger partial charge on any atom is 0.263 e. The highest BCUT2D eigenvalue weighted by atomic mass is 16.5. The molecule has 0 spiro atoms. The van der Waals surface area contributed by atoms with Gasteiger partial charge in [-0.05, 0) is 18.6 Å². The molecule has 0 aromatic carbocycles. The Hall–Kier alpha value is -3.27. The summed E-state index contributed by atoms with van der Waals surface area (Å²) in [4.78, 5) is 17.0. The van der Waals surface area contributed by atoms with Crippen molar-refractivity contribution in [3.63, 3.8) is 0 Å². The van der Waals surface area contributed by atoms with Crippen LogP contribution in [0.3, 0.4) is 0 Å². The zero-order valence-electron chi connectivity index (χ0n) is 15.4. The minimum atomic E-state index is -0.355. The van der Waals surface area contributed by atoms with Gasteiger partial charge in [0.2, 0.25) is 5.88 Å². The number of pyridine rings is 1. The van der Waals surface area contributed by atoms with Gasteiger partial charge in [0.25, 0.3) is 5.91 Å². The Morgan fingerprint density at radius 2 is 2.15 bits per heavy atom. The molecule has 27 heavy (non-hydrogen) atoms. The summed E-state index contributed by atoms with van der Waals surface area (Å²) in [7, 11) is 4.85. The Balaban J connectivity index is 1.78. The molecule has 3 heterocycles. The number of hydrogen-bond acceptors (Lipinski definition) is 7. The van der Waals surface area contributed by atoms with Crippen LogP contribution in [0.15, 0.2) is 30.7 Å². The maximum absolute atomic E-state index is 12.5. The lowest BCUT2D eigenvalue weighted by atomic mass is 10.3. The van der Waals surface area contributed by atoms with Gasteiger partial charge in [-0.3, -0.25) is 9.48 Å². The minimum Gasteiger partial charge on any atom is -0.479 e. The van der Waals surface area contributed by atoms with Crippen LogP contribution in [0.5, 0.6) is 5.88 Å². The molecule has 3 aromatic rings. The summed E-state index contributed by atoms with van der Waals surface area (Å²) >= 11 is 0. The predicted octanol–water partition coefficient (Wildman–Crippen LogP) is 1.37. The number of amides is 1. The van der Waals surface area contributed by atoms with E-state index in [1.165, 1.54) is 11.8 Å². The smallest absolute Gasteiger partial charge is 0.263 e. The lowest BCUT2D eigenvalue weighted by Crippen LogP contribution is -2.13. The fourth-order valence-corrected chi connectivity index (χ4v) is 2.58. The van der Waals surface area contributed by atoms with Gasteiger partial charge in [-0.1, -0.05) is 6.07 Å². The molecule has 0 aliphatic rings. The number of nitrogens with one attached hydrogen (secondary N) is 1. The van der Waals surface area contributed by atoms with Gasteiger partial charge >= 0.3 is 0 Å². The molecule has 0 aliphatic heterocycles. The Morgan fingerprint density at radius 1 is 1.30 bits per heavy atom. The predicted molar refractivity (Wildman–Crippen MR) is 97.5 cm³/mol. The van der Waals surface area contributed by atoms with Crippen LogP contribution in [-0.2, 0) is 18.3 Å². The van der Waals surface area contributed by atoms with E-state index in [1.807, 2.05) is 10.6 Å². The molecule has 1 N–H and O–H groups in total. The quantitative estimate of drug-likeness (QED) is 0.596. The van der Waals surface area contributed by atoms with Crippen molar-refractivity contribution in [2.75, 3.05) is 26.1 Å². The number of aromatic nitrogens is 6. The van der Waals surface area contributed by atoms with Crippen molar-refractivity contribution >= 4 is 11.7 Å². The fourth-order valence-electron chi connectivity index (χ4n) is 2.58. The normalized spacial score (nSPS) is 10.8. The molecule has 10 nitrogen and oxygen atoms in total. The van der Waals surface area contributed by atoms with Crippen LogP contribution < -0.4 is 10.1 Å². The summed E-state index contributed by atoms with van der Waals surface area (Å²) in [5.74, 6) is 0.922. The summed E-state index contributed by atoms with van der Waals surface area (Å²) < 4.78 is 13.6. The molecular weight excluding hydrogens is 350 g/mol. The van der Waals surface area contributed by atoms with Crippen LogP contribution in [0.4, 0.5) is 5.82 Å². The zero-order valence-corrected chi connectivity index (χ0v) is 15.4. The van der Waals surface area contributed by atoms with Crippen molar-refractivity contribution in [2.45, 2.75) is 13.0 Å². The van der Waals surface area contributed by atoms with Gasteiger partial charge in [0.15, 0.2) is 5.82 Å². The number of anilines is 1. The molecule has 0 aliphatic carbocycles. The summed E-state index contributed by atoms with van der Waals surface area (Å²) in [6.45, 7) is 1.36. The number of rotatable bonds is 8. The first-order chi connectivity index (χ1) is 13.1. The number of carbonyl (C=O) groups is 1. The van der Waals surface area contributed by atoms with Gasteiger partial charge in [-0.15, -0.1) is 15.3 Å². The topological polar surface area (TPSA) is 109 Å². The standard InChI is InChI=1S/C17H21N7O3/c1-23-10-12(17(22-23)27-3)16(25)20-14-7-4-6-13(19-14)15-21-18-11-24(15)8-5-9-26-2/h4,6-7,10-11H,5,8-9H2,1-3H3,(H,19,20,25). The van der Waals surface area contributed by atoms with Crippen molar-refractivity contribution < 1.29 is 14.3 Å². The van der Waals surface area contributed by atoms with E-state index >= 15 is 0 Å². The Labute approximate surface area is 156 Å². The van der Waals surface area contributed by atoms with E-state index in [-0.39, 0.29) is 11.8 Å². The molecule has 0 unspecified atom stereocenters. The SMILES string of the molecule is COCCCn1cnnc1-c1cccc(NC(=O)c2cn(C)nc2OC)n1. The van der Waals surface area contributed by atoms with Crippen LogP contribution >= 0.6 is 0 Å². The second-order valence-corrected chi connectivity index (χ2v) is 5.78. The van der Waals surface area contributed by atoms with Gasteiger partial charge < -0.3 is 19.4 Å². The molecular formula is C17H21N7O3. The highest BCUT2D eigenvalue weighted by Crippen LogP contribution is 2.19. The molecule has 1 amide bonds. The average Bonchev–Trinajstić information content (AvgIpc) is 3.28. The second kappa shape index (κ2) is 8.41. The van der Waals surface area contributed by atoms with E-state index in [1.54, 1.807) is 38.8 Å². The first-order valence-corrected chi connectivity index (χ1v) is 8.35. The monoisotopic (exact) mass is 371 g/mol.